The van der Waals surface area contributed by atoms with Gasteiger partial charge in [-0.2, -0.15) is 5.10 Å². The van der Waals surface area contributed by atoms with Crippen LogP contribution >= 0.6 is 24.8 Å². The van der Waals surface area contributed by atoms with E-state index in [-0.39, 0.29) is 31.4 Å². The Kier molecular flexibility index (Phi) is 9.60. The first-order valence-electron chi connectivity index (χ1n) is 3.52. The molecule has 78 valence electrons. The molecule has 0 saturated heterocycles. The summed E-state index contributed by atoms with van der Waals surface area (Å²) in [5, 5.41) is 18.1. The number of hydrogen-bond donors (Lipinski definition) is 3. The molecule has 0 aliphatic carbocycles. The van der Waals surface area contributed by atoms with Crippen LogP contribution in [0.1, 0.15) is 11.6 Å². The number of halogens is 2. The van der Waals surface area contributed by atoms with Gasteiger partial charge in [0.2, 0.25) is 0 Å². The molecule has 0 bridgehead atoms. The molecule has 0 amide bonds. The molecule has 3 N–H and O–H groups in total. The maximum absolute atomic E-state index is 8.63. The molecule has 13 heavy (non-hydrogen) atoms. The molecule has 0 aliphatic rings. The van der Waals surface area contributed by atoms with E-state index in [0.717, 1.165) is 18.8 Å². The maximum Gasteiger partial charge on any atom is 0.152 e. The second-order valence-corrected chi connectivity index (χ2v) is 2.21. The summed E-state index contributed by atoms with van der Waals surface area (Å²) in [6.07, 6.45) is 0.785. The van der Waals surface area contributed by atoms with Gasteiger partial charge in [0.15, 0.2) is 5.82 Å². The molecule has 0 unspecified atom stereocenters. The standard InChI is InChI=1S/C6H12N4O.2ClH/c1-7-3-2-5-8-6(4-11)10-9-5;;/h7,11H,2-4H2,1H3,(H,8,9,10);2*1H. The van der Waals surface area contributed by atoms with Crippen LogP contribution in [0.25, 0.3) is 0 Å². The Hall–Kier alpha value is -0.360. The van der Waals surface area contributed by atoms with Crippen LogP contribution in [0.2, 0.25) is 0 Å². The first-order chi connectivity index (χ1) is 5.36. The van der Waals surface area contributed by atoms with E-state index in [1.54, 1.807) is 0 Å². The predicted molar refractivity (Wildman–Crippen MR) is 54.4 cm³/mol. The van der Waals surface area contributed by atoms with Gasteiger partial charge in [-0.15, -0.1) is 24.8 Å². The Morgan fingerprint density at radius 2 is 2.15 bits per heavy atom. The molecule has 1 aromatic rings. The van der Waals surface area contributed by atoms with Gasteiger partial charge in [-0.25, -0.2) is 4.98 Å². The van der Waals surface area contributed by atoms with Gasteiger partial charge in [0.05, 0.1) is 0 Å². The fraction of sp³-hybridized carbons (Fsp3) is 0.667. The quantitative estimate of drug-likeness (QED) is 0.674. The minimum absolute atomic E-state index is 0. The minimum atomic E-state index is -0.0768. The molecule has 7 heteroatoms. The van der Waals surface area contributed by atoms with Crippen LogP contribution < -0.4 is 5.32 Å². The molecular weight excluding hydrogens is 215 g/mol. The molecular formula is C6H14Cl2N4O. The zero-order chi connectivity index (χ0) is 8.10. The zero-order valence-corrected chi connectivity index (χ0v) is 8.91. The third-order valence-electron chi connectivity index (χ3n) is 1.33. The first-order valence-corrected chi connectivity index (χ1v) is 3.52. The van der Waals surface area contributed by atoms with Crippen molar-refractivity contribution in [2.75, 3.05) is 13.6 Å². The third-order valence-corrected chi connectivity index (χ3v) is 1.33. The van der Waals surface area contributed by atoms with Crippen molar-refractivity contribution in [3.05, 3.63) is 11.6 Å². The highest BCUT2D eigenvalue weighted by Gasteiger charge is 1.99. The van der Waals surface area contributed by atoms with Crippen molar-refractivity contribution < 1.29 is 5.11 Å². The van der Waals surface area contributed by atoms with Crippen molar-refractivity contribution in [1.82, 2.24) is 20.5 Å². The molecule has 0 aromatic carbocycles. The van der Waals surface area contributed by atoms with Crippen LogP contribution in [0.4, 0.5) is 0 Å². The van der Waals surface area contributed by atoms with Crippen molar-refractivity contribution in [3.8, 4) is 0 Å². The highest BCUT2D eigenvalue weighted by molar-refractivity contribution is 5.85. The molecule has 0 radical (unpaired) electrons. The van der Waals surface area contributed by atoms with E-state index in [9.17, 15) is 0 Å². The molecule has 0 aliphatic heterocycles. The third kappa shape index (κ3) is 5.05. The van der Waals surface area contributed by atoms with E-state index in [0.29, 0.717) is 5.82 Å². The monoisotopic (exact) mass is 228 g/mol. The van der Waals surface area contributed by atoms with Gasteiger partial charge in [-0.1, -0.05) is 0 Å². The Morgan fingerprint density at radius 1 is 1.46 bits per heavy atom. The molecule has 0 spiro atoms. The number of hydrogen-bond acceptors (Lipinski definition) is 4. The lowest BCUT2D eigenvalue weighted by molar-refractivity contribution is 0.271. The molecule has 5 nitrogen and oxygen atoms in total. The van der Waals surface area contributed by atoms with Crippen LogP contribution in [0.3, 0.4) is 0 Å². The van der Waals surface area contributed by atoms with Crippen LogP contribution in [-0.4, -0.2) is 33.9 Å². The summed E-state index contributed by atoms with van der Waals surface area (Å²) in [6.45, 7) is 0.773. The highest BCUT2D eigenvalue weighted by atomic mass is 35.5. The number of nitrogens with one attached hydrogen (secondary N) is 2. The van der Waals surface area contributed by atoms with E-state index >= 15 is 0 Å². The largest absolute Gasteiger partial charge is 0.388 e. The lowest BCUT2D eigenvalue weighted by Crippen LogP contribution is -2.11. The summed E-state index contributed by atoms with van der Waals surface area (Å²) in [5.74, 6) is 1.26. The predicted octanol–water partition coefficient (Wildman–Crippen LogP) is -0.0975. The van der Waals surface area contributed by atoms with Gasteiger partial charge in [-0.3, -0.25) is 5.10 Å². The van der Waals surface area contributed by atoms with Crippen molar-refractivity contribution in [1.29, 1.82) is 0 Å². The lowest BCUT2D eigenvalue weighted by atomic mass is 10.4. The van der Waals surface area contributed by atoms with E-state index in [1.807, 2.05) is 7.05 Å². The normalized spacial score (nSPS) is 8.77. The summed E-state index contributed by atoms with van der Waals surface area (Å²) in [5.41, 5.74) is 0. The van der Waals surface area contributed by atoms with E-state index in [2.05, 4.69) is 20.5 Å². The van der Waals surface area contributed by atoms with Gasteiger partial charge in [0.1, 0.15) is 12.4 Å². The summed E-state index contributed by atoms with van der Waals surface area (Å²) in [4.78, 5) is 4.01. The van der Waals surface area contributed by atoms with Gasteiger partial charge in [0.25, 0.3) is 0 Å². The Bertz CT molecular complexity index is 218. The number of likely N-dealkylation sites (N-methyl/N-ethyl adjacent to an activating group) is 1. The highest BCUT2D eigenvalue weighted by Crippen LogP contribution is 1.91. The Balaban J connectivity index is 0. The molecule has 0 atom stereocenters. The Labute approximate surface area is 89.2 Å². The maximum atomic E-state index is 8.63. The van der Waals surface area contributed by atoms with Crippen LogP contribution in [0, 0.1) is 0 Å². The van der Waals surface area contributed by atoms with E-state index < -0.39 is 0 Å². The van der Waals surface area contributed by atoms with Gasteiger partial charge < -0.3 is 10.4 Å². The smallest absolute Gasteiger partial charge is 0.152 e. The summed E-state index contributed by atoms with van der Waals surface area (Å²) < 4.78 is 0. The lowest BCUT2D eigenvalue weighted by Gasteiger charge is -1.91. The number of aromatic amines is 1. The molecule has 1 rings (SSSR count). The number of nitrogens with zero attached hydrogens (tertiary/aromatic N) is 2. The van der Waals surface area contributed by atoms with Gasteiger partial charge in [0, 0.05) is 13.0 Å². The van der Waals surface area contributed by atoms with Crippen LogP contribution in [0.5, 0.6) is 0 Å². The zero-order valence-electron chi connectivity index (χ0n) is 7.28. The topological polar surface area (TPSA) is 73.8 Å². The summed E-state index contributed by atoms with van der Waals surface area (Å²) >= 11 is 0. The number of H-pyrrole nitrogens is 1. The van der Waals surface area contributed by atoms with Crippen molar-refractivity contribution in [3.63, 3.8) is 0 Å². The minimum Gasteiger partial charge on any atom is -0.388 e. The Morgan fingerprint density at radius 3 is 2.62 bits per heavy atom. The number of rotatable bonds is 4. The van der Waals surface area contributed by atoms with Crippen molar-refractivity contribution in [2.45, 2.75) is 13.0 Å². The molecule has 0 saturated carbocycles. The number of aromatic nitrogens is 3. The summed E-state index contributed by atoms with van der Waals surface area (Å²) in [6, 6.07) is 0. The van der Waals surface area contributed by atoms with Gasteiger partial charge >= 0.3 is 0 Å². The molecule has 1 heterocycles. The summed E-state index contributed by atoms with van der Waals surface area (Å²) in [7, 11) is 1.87. The average Bonchev–Trinajstić information content (AvgIpc) is 2.48. The fourth-order valence-electron chi connectivity index (χ4n) is 0.754. The van der Waals surface area contributed by atoms with E-state index in [1.165, 1.54) is 0 Å². The molecule has 0 fully saturated rings. The fourth-order valence-corrected chi connectivity index (χ4v) is 0.754. The SMILES string of the molecule is CNCCc1n[nH]c(CO)n1.Cl.Cl. The van der Waals surface area contributed by atoms with Crippen LogP contribution in [-0.2, 0) is 13.0 Å². The second-order valence-electron chi connectivity index (χ2n) is 2.21. The molecule has 1 aromatic heterocycles. The van der Waals surface area contributed by atoms with Crippen molar-refractivity contribution >= 4 is 24.8 Å². The van der Waals surface area contributed by atoms with Crippen molar-refractivity contribution in [2.24, 2.45) is 0 Å². The van der Waals surface area contributed by atoms with Gasteiger partial charge in [-0.05, 0) is 7.05 Å². The number of aliphatic hydroxyl groups excluding tert-OH is 1. The number of aliphatic hydroxyl groups is 1. The first kappa shape index (κ1) is 15.1. The van der Waals surface area contributed by atoms with E-state index in [4.69, 9.17) is 5.11 Å². The van der Waals surface area contributed by atoms with Crippen LogP contribution in [0.15, 0.2) is 0 Å². The average molecular weight is 229 g/mol. The second kappa shape index (κ2) is 8.25.